The van der Waals surface area contributed by atoms with Crippen LogP contribution in [0.1, 0.15) is 16.1 Å². The van der Waals surface area contributed by atoms with Crippen molar-refractivity contribution in [1.82, 2.24) is 10.3 Å². The fraction of sp³-hybridized carbons (Fsp3) is 0.143. The molecule has 2 rings (SSSR count). The normalized spacial score (nSPS) is 10.0. The van der Waals surface area contributed by atoms with E-state index in [1.807, 2.05) is 6.07 Å². The fourth-order valence-corrected chi connectivity index (χ4v) is 1.87. The van der Waals surface area contributed by atoms with Crippen molar-refractivity contribution >= 4 is 17.5 Å². The van der Waals surface area contributed by atoms with Gasteiger partial charge in [0, 0.05) is 12.7 Å². The average Bonchev–Trinajstić information content (AvgIpc) is 2.46. The summed E-state index contributed by atoms with van der Waals surface area (Å²) >= 11 is 6.01. The third-order valence-electron chi connectivity index (χ3n) is 2.57. The minimum Gasteiger partial charge on any atom is -0.495 e. The van der Waals surface area contributed by atoms with E-state index in [0.717, 1.165) is 5.56 Å². The van der Waals surface area contributed by atoms with Crippen molar-refractivity contribution in [3.63, 3.8) is 0 Å². The Hall–Kier alpha value is -2.07. The first kappa shape index (κ1) is 13.4. The number of pyridine rings is 1. The number of halogens is 1. The molecule has 1 aromatic carbocycles. The number of hydrogen-bond acceptors (Lipinski definition) is 3. The number of carbonyl (C=O) groups is 1. The van der Waals surface area contributed by atoms with Gasteiger partial charge in [-0.25, -0.2) is 0 Å². The Bertz CT molecular complexity index is 573. The van der Waals surface area contributed by atoms with Crippen LogP contribution in [0.2, 0.25) is 5.02 Å². The zero-order chi connectivity index (χ0) is 13.7. The van der Waals surface area contributed by atoms with Crippen LogP contribution >= 0.6 is 11.6 Å². The number of ether oxygens (including phenoxy) is 1. The van der Waals surface area contributed by atoms with Gasteiger partial charge in [0.1, 0.15) is 11.4 Å². The van der Waals surface area contributed by atoms with Crippen LogP contribution in [0.5, 0.6) is 5.75 Å². The van der Waals surface area contributed by atoms with Gasteiger partial charge in [-0.2, -0.15) is 0 Å². The number of carbonyl (C=O) groups excluding carboxylic acids is 1. The predicted molar refractivity (Wildman–Crippen MR) is 73.4 cm³/mol. The number of hydrogen-bond donors (Lipinski definition) is 1. The van der Waals surface area contributed by atoms with Gasteiger partial charge in [0.15, 0.2) is 0 Å². The quantitative estimate of drug-likeness (QED) is 0.934. The van der Waals surface area contributed by atoms with Crippen molar-refractivity contribution in [1.29, 1.82) is 0 Å². The maximum Gasteiger partial charge on any atom is 0.270 e. The molecule has 2 aromatic rings. The van der Waals surface area contributed by atoms with Gasteiger partial charge in [0.2, 0.25) is 0 Å². The van der Waals surface area contributed by atoms with Crippen molar-refractivity contribution in [3.8, 4) is 5.75 Å². The minimum atomic E-state index is -0.215. The SMILES string of the molecule is COc1ccc(CNC(=O)c2ccccn2)cc1Cl. The van der Waals surface area contributed by atoms with Gasteiger partial charge in [-0.1, -0.05) is 23.7 Å². The molecule has 4 nitrogen and oxygen atoms in total. The molecule has 1 heterocycles. The zero-order valence-corrected chi connectivity index (χ0v) is 11.1. The number of nitrogens with zero attached hydrogens (tertiary/aromatic N) is 1. The minimum absolute atomic E-state index is 0.215. The molecule has 0 aliphatic heterocycles. The van der Waals surface area contributed by atoms with Crippen LogP contribution in [0.3, 0.4) is 0 Å². The summed E-state index contributed by atoms with van der Waals surface area (Å²) < 4.78 is 5.07. The third-order valence-corrected chi connectivity index (χ3v) is 2.86. The van der Waals surface area contributed by atoms with E-state index >= 15 is 0 Å². The smallest absolute Gasteiger partial charge is 0.270 e. The number of nitrogens with one attached hydrogen (secondary N) is 1. The number of benzene rings is 1. The van der Waals surface area contributed by atoms with Crippen LogP contribution in [0.25, 0.3) is 0 Å². The summed E-state index contributed by atoms with van der Waals surface area (Å²) in [6, 6.07) is 10.6. The molecule has 0 saturated carbocycles. The molecule has 0 spiro atoms. The molecule has 1 N–H and O–H groups in total. The molecule has 0 radical (unpaired) electrons. The standard InChI is InChI=1S/C14H13ClN2O2/c1-19-13-6-5-10(8-11(13)15)9-17-14(18)12-4-2-3-7-16-12/h2-8H,9H2,1H3,(H,17,18). The molecule has 0 atom stereocenters. The maximum atomic E-state index is 11.8. The van der Waals surface area contributed by atoms with E-state index in [9.17, 15) is 4.79 Å². The van der Waals surface area contributed by atoms with Crippen molar-refractivity contribution < 1.29 is 9.53 Å². The number of methoxy groups -OCH3 is 1. The summed E-state index contributed by atoms with van der Waals surface area (Å²) in [7, 11) is 1.56. The van der Waals surface area contributed by atoms with Gasteiger partial charge in [0.25, 0.3) is 5.91 Å². The summed E-state index contributed by atoms with van der Waals surface area (Å²) in [5.41, 5.74) is 1.29. The monoisotopic (exact) mass is 276 g/mol. The van der Waals surface area contributed by atoms with Crippen LogP contribution in [0, 0.1) is 0 Å². The molecule has 0 bridgehead atoms. The van der Waals surface area contributed by atoms with E-state index in [4.69, 9.17) is 16.3 Å². The van der Waals surface area contributed by atoms with Crippen LogP contribution in [0.4, 0.5) is 0 Å². The van der Waals surface area contributed by atoms with E-state index in [2.05, 4.69) is 10.3 Å². The molecule has 19 heavy (non-hydrogen) atoms. The van der Waals surface area contributed by atoms with Gasteiger partial charge in [0.05, 0.1) is 12.1 Å². The second-order valence-electron chi connectivity index (χ2n) is 3.87. The van der Waals surface area contributed by atoms with Crippen LogP contribution in [-0.4, -0.2) is 18.0 Å². The van der Waals surface area contributed by atoms with E-state index < -0.39 is 0 Å². The number of rotatable bonds is 4. The highest BCUT2D eigenvalue weighted by molar-refractivity contribution is 6.32. The number of aromatic nitrogens is 1. The second-order valence-corrected chi connectivity index (χ2v) is 4.27. The highest BCUT2D eigenvalue weighted by Crippen LogP contribution is 2.24. The lowest BCUT2D eigenvalue weighted by Crippen LogP contribution is -2.23. The first-order valence-electron chi connectivity index (χ1n) is 5.72. The summed E-state index contributed by atoms with van der Waals surface area (Å²) in [6.07, 6.45) is 1.58. The largest absolute Gasteiger partial charge is 0.495 e. The lowest BCUT2D eigenvalue weighted by Gasteiger charge is -2.07. The van der Waals surface area contributed by atoms with Gasteiger partial charge < -0.3 is 10.1 Å². The zero-order valence-electron chi connectivity index (χ0n) is 10.4. The first-order valence-corrected chi connectivity index (χ1v) is 6.10. The Kier molecular flexibility index (Phi) is 4.36. The molecule has 1 aromatic heterocycles. The third kappa shape index (κ3) is 3.45. The molecule has 0 unspecified atom stereocenters. The highest BCUT2D eigenvalue weighted by atomic mass is 35.5. The van der Waals surface area contributed by atoms with E-state index in [1.165, 1.54) is 0 Å². The fourth-order valence-electron chi connectivity index (χ4n) is 1.59. The summed E-state index contributed by atoms with van der Waals surface area (Å²) in [6.45, 7) is 0.388. The Morgan fingerprint density at radius 2 is 2.21 bits per heavy atom. The van der Waals surface area contributed by atoms with Crippen molar-refractivity contribution in [2.24, 2.45) is 0 Å². The van der Waals surface area contributed by atoms with Crippen molar-refractivity contribution in [2.45, 2.75) is 6.54 Å². The molecule has 0 aliphatic rings. The highest BCUT2D eigenvalue weighted by Gasteiger charge is 2.06. The van der Waals surface area contributed by atoms with Gasteiger partial charge >= 0.3 is 0 Å². The summed E-state index contributed by atoms with van der Waals surface area (Å²) in [5.74, 6) is 0.397. The van der Waals surface area contributed by atoms with Crippen molar-refractivity contribution in [2.75, 3.05) is 7.11 Å². The molecule has 1 amide bonds. The molecular weight excluding hydrogens is 264 g/mol. The second kappa shape index (κ2) is 6.20. The summed E-state index contributed by atoms with van der Waals surface area (Å²) in [4.78, 5) is 15.8. The number of amides is 1. The Balaban J connectivity index is 1.99. The summed E-state index contributed by atoms with van der Waals surface area (Å²) in [5, 5.41) is 3.30. The Morgan fingerprint density at radius 1 is 1.37 bits per heavy atom. The predicted octanol–water partition coefficient (Wildman–Crippen LogP) is 2.67. The van der Waals surface area contributed by atoms with Gasteiger partial charge in [-0.3, -0.25) is 9.78 Å². The van der Waals surface area contributed by atoms with Crippen LogP contribution < -0.4 is 10.1 Å². The first-order chi connectivity index (χ1) is 9.20. The molecule has 0 saturated heterocycles. The Labute approximate surface area is 116 Å². The maximum absolute atomic E-state index is 11.8. The molecular formula is C14H13ClN2O2. The topological polar surface area (TPSA) is 51.2 Å². The molecule has 98 valence electrons. The van der Waals surface area contributed by atoms with Gasteiger partial charge in [-0.05, 0) is 29.8 Å². The van der Waals surface area contributed by atoms with Gasteiger partial charge in [-0.15, -0.1) is 0 Å². The van der Waals surface area contributed by atoms with E-state index in [-0.39, 0.29) is 5.91 Å². The molecule has 0 aliphatic carbocycles. The lowest BCUT2D eigenvalue weighted by molar-refractivity contribution is 0.0946. The van der Waals surface area contributed by atoms with E-state index in [1.54, 1.807) is 43.6 Å². The average molecular weight is 277 g/mol. The van der Waals surface area contributed by atoms with E-state index in [0.29, 0.717) is 23.0 Å². The lowest BCUT2D eigenvalue weighted by atomic mass is 10.2. The van der Waals surface area contributed by atoms with Crippen LogP contribution in [0.15, 0.2) is 42.6 Å². The Morgan fingerprint density at radius 3 is 2.84 bits per heavy atom. The van der Waals surface area contributed by atoms with Crippen molar-refractivity contribution in [3.05, 3.63) is 58.9 Å². The molecule has 0 fully saturated rings. The van der Waals surface area contributed by atoms with Crippen LogP contribution in [-0.2, 0) is 6.54 Å². The molecule has 5 heteroatoms.